The van der Waals surface area contributed by atoms with Gasteiger partial charge in [-0.05, 0) is 25.2 Å². The molecule has 0 fully saturated rings. The van der Waals surface area contributed by atoms with Crippen molar-refractivity contribution >= 4 is 17.9 Å². The van der Waals surface area contributed by atoms with Gasteiger partial charge in [-0.3, -0.25) is 14.4 Å². The Bertz CT molecular complexity index is 872. The van der Waals surface area contributed by atoms with Crippen molar-refractivity contribution in [1.29, 1.82) is 0 Å². The van der Waals surface area contributed by atoms with E-state index in [-0.39, 0.29) is 31.1 Å². The van der Waals surface area contributed by atoms with Crippen molar-refractivity contribution in [3.63, 3.8) is 0 Å². The van der Waals surface area contributed by atoms with Crippen LogP contribution >= 0.6 is 0 Å². The highest BCUT2D eigenvalue weighted by atomic mass is 16.6. The second-order valence-electron chi connectivity index (χ2n) is 18.3. The first-order valence-electron chi connectivity index (χ1n) is 25.9. The molecule has 58 heavy (non-hydrogen) atoms. The molecule has 0 amide bonds. The summed E-state index contributed by atoms with van der Waals surface area (Å²) >= 11 is 0. The molecule has 6 heteroatoms. The van der Waals surface area contributed by atoms with Crippen molar-refractivity contribution in [2.75, 3.05) is 13.2 Å². The van der Waals surface area contributed by atoms with Crippen LogP contribution in [-0.4, -0.2) is 37.2 Å². The first-order valence-corrected chi connectivity index (χ1v) is 25.9. The van der Waals surface area contributed by atoms with E-state index in [1.807, 2.05) is 0 Å². The molecule has 0 radical (unpaired) electrons. The molecule has 0 heterocycles. The van der Waals surface area contributed by atoms with Gasteiger partial charge in [-0.1, -0.05) is 252 Å². The summed E-state index contributed by atoms with van der Waals surface area (Å²) in [5, 5.41) is 0. The summed E-state index contributed by atoms with van der Waals surface area (Å²) in [5.74, 6) is -0.0204. The normalized spacial score (nSPS) is 11.9. The lowest BCUT2D eigenvalue weighted by Crippen LogP contribution is -2.30. The zero-order valence-electron chi connectivity index (χ0n) is 39.5. The van der Waals surface area contributed by atoms with Crippen molar-refractivity contribution < 1.29 is 28.6 Å². The van der Waals surface area contributed by atoms with Gasteiger partial charge in [0.1, 0.15) is 13.2 Å². The van der Waals surface area contributed by atoms with Gasteiger partial charge in [0.25, 0.3) is 0 Å². The third kappa shape index (κ3) is 45.5. The first kappa shape index (κ1) is 56.4. The Balaban J connectivity index is 4.26. The van der Waals surface area contributed by atoms with Crippen molar-refractivity contribution in [2.24, 2.45) is 5.92 Å². The average Bonchev–Trinajstić information content (AvgIpc) is 3.21. The molecule has 6 nitrogen and oxygen atoms in total. The number of ether oxygens (including phenoxy) is 3. The second kappa shape index (κ2) is 46.5. The van der Waals surface area contributed by atoms with Crippen molar-refractivity contribution in [1.82, 2.24) is 0 Å². The standard InChI is InChI=1S/C52H100O6/c1-5-7-9-11-13-15-16-17-18-19-20-21-24-29-33-37-41-45-52(55)58-49(46-56-50(53)43-39-35-31-26-14-12-10-8-6-2)47-57-51(54)44-40-36-32-28-25-22-23-27-30-34-38-42-48(3)4/h48-49H,5-47H2,1-4H3/t49-/m0/s1. The minimum Gasteiger partial charge on any atom is -0.462 e. The fourth-order valence-corrected chi connectivity index (χ4v) is 7.86. The second-order valence-corrected chi connectivity index (χ2v) is 18.3. The van der Waals surface area contributed by atoms with E-state index in [1.54, 1.807) is 0 Å². The smallest absolute Gasteiger partial charge is 0.306 e. The van der Waals surface area contributed by atoms with Gasteiger partial charge >= 0.3 is 17.9 Å². The largest absolute Gasteiger partial charge is 0.462 e. The Morgan fingerprint density at radius 2 is 0.569 bits per heavy atom. The molecule has 0 N–H and O–H groups in total. The number of rotatable bonds is 47. The highest BCUT2D eigenvalue weighted by Gasteiger charge is 2.19. The van der Waals surface area contributed by atoms with Crippen LogP contribution in [0.3, 0.4) is 0 Å². The van der Waals surface area contributed by atoms with Crippen LogP contribution in [0.4, 0.5) is 0 Å². The Hall–Kier alpha value is -1.59. The average molecular weight is 821 g/mol. The lowest BCUT2D eigenvalue weighted by Gasteiger charge is -2.18. The summed E-state index contributed by atoms with van der Waals surface area (Å²) in [4.78, 5) is 37.9. The maximum Gasteiger partial charge on any atom is 0.306 e. The van der Waals surface area contributed by atoms with E-state index < -0.39 is 6.10 Å². The molecule has 0 aromatic rings. The van der Waals surface area contributed by atoms with Crippen LogP contribution in [0.25, 0.3) is 0 Å². The third-order valence-electron chi connectivity index (χ3n) is 11.8. The minimum absolute atomic E-state index is 0.0631. The number of carbonyl (C=O) groups is 3. The maximum atomic E-state index is 12.8. The fraction of sp³-hybridized carbons (Fsp3) is 0.942. The molecule has 0 aliphatic rings. The molecule has 0 aliphatic heterocycles. The van der Waals surface area contributed by atoms with Gasteiger partial charge in [-0.15, -0.1) is 0 Å². The van der Waals surface area contributed by atoms with Crippen LogP contribution in [0.5, 0.6) is 0 Å². The van der Waals surface area contributed by atoms with E-state index in [9.17, 15) is 14.4 Å². The summed E-state index contributed by atoms with van der Waals surface area (Å²) in [5.41, 5.74) is 0. The Morgan fingerprint density at radius 3 is 0.845 bits per heavy atom. The van der Waals surface area contributed by atoms with Crippen LogP contribution in [-0.2, 0) is 28.6 Å². The van der Waals surface area contributed by atoms with E-state index >= 15 is 0 Å². The zero-order chi connectivity index (χ0) is 42.4. The molecule has 1 atom stereocenters. The van der Waals surface area contributed by atoms with Gasteiger partial charge in [0.15, 0.2) is 6.10 Å². The summed E-state index contributed by atoms with van der Waals surface area (Å²) < 4.78 is 16.8. The summed E-state index contributed by atoms with van der Waals surface area (Å²) in [6, 6.07) is 0. The number of esters is 3. The lowest BCUT2D eigenvalue weighted by atomic mass is 10.0. The van der Waals surface area contributed by atoms with E-state index in [4.69, 9.17) is 14.2 Å². The Labute approximate surface area is 361 Å². The molecule has 0 spiro atoms. The van der Waals surface area contributed by atoms with Crippen LogP contribution in [0.15, 0.2) is 0 Å². The van der Waals surface area contributed by atoms with Crippen LogP contribution in [0.2, 0.25) is 0 Å². The number of unbranched alkanes of at least 4 members (excludes halogenated alkanes) is 34. The SMILES string of the molecule is CCCCCCCCCCCCCCCCCCCC(=O)O[C@@H](COC(=O)CCCCCCCCCCC)COC(=O)CCCCCCCCCCCCCC(C)C. The number of hydrogen-bond donors (Lipinski definition) is 0. The van der Waals surface area contributed by atoms with Crippen molar-refractivity contribution in [3.8, 4) is 0 Å². The minimum atomic E-state index is -0.760. The molecule has 0 aliphatic carbocycles. The van der Waals surface area contributed by atoms with E-state index in [0.29, 0.717) is 19.3 Å². The molecule has 0 aromatic carbocycles. The lowest BCUT2D eigenvalue weighted by molar-refractivity contribution is -0.167. The first-order chi connectivity index (χ1) is 28.4. The third-order valence-corrected chi connectivity index (χ3v) is 11.8. The van der Waals surface area contributed by atoms with Crippen molar-refractivity contribution in [3.05, 3.63) is 0 Å². The maximum absolute atomic E-state index is 12.8. The predicted octanol–water partition coefficient (Wildman–Crippen LogP) is 16.7. The number of hydrogen-bond acceptors (Lipinski definition) is 6. The zero-order valence-corrected chi connectivity index (χ0v) is 39.5. The quantitative estimate of drug-likeness (QED) is 0.0346. The molecule has 0 bridgehead atoms. The Morgan fingerprint density at radius 1 is 0.328 bits per heavy atom. The van der Waals surface area contributed by atoms with Gasteiger partial charge in [0.2, 0.25) is 0 Å². The van der Waals surface area contributed by atoms with Gasteiger partial charge in [0.05, 0.1) is 0 Å². The van der Waals surface area contributed by atoms with E-state index in [0.717, 1.165) is 63.7 Å². The molecule has 0 unspecified atom stereocenters. The van der Waals surface area contributed by atoms with Gasteiger partial charge in [-0.25, -0.2) is 0 Å². The van der Waals surface area contributed by atoms with Gasteiger partial charge in [0, 0.05) is 19.3 Å². The molecule has 0 aromatic heterocycles. The predicted molar refractivity (Wildman–Crippen MR) is 247 cm³/mol. The van der Waals surface area contributed by atoms with Gasteiger partial charge in [-0.2, -0.15) is 0 Å². The Kier molecular flexibility index (Phi) is 45.2. The van der Waals surface area contributed by atoms with Crippen LogP contribution < -0.4 is 0 Å². The van der Waals surface area contributed by atoms with E-state index in [2.05, 4.69) is 27.7 Å². The van der Waals surface area contributed by atoms with E-state index in [1.165, 1.54) is 186 Å². The van der Waals surface area contributed by atoms with Crippen LogP contribution in [0.1, 0.15) is 291 Å². The summed E-state index contributed by atoms with van der Waals surface area (Å²) in [6.45, 7) is 9.01. The summed E-state index contributed by atoms with van der Waals surface area (Å²) in [6.07, 6.45) is 48.0. The molecular weight excluding hydrogens is 721 g/mol. The molecule has 0 rings (SSSR count). The molecule has 344 valence electrons. The monoisotopic (exact) mass is 821 g/mol. The summed E-state index contributed by atoms with van der Waals surface area (Å²) in [7, 11) is 0. The van der Waals surface area contributed by atoms with Crippen molar-refractivity contribution in [2.45, 2.75) is 297 Å². The topological polar surface area (TPSA) is 78.9 Å². The fourth-order valence-electron chi connectivity index (χ4n) is 7.86. The highest BCUT2D eigenvalue weighted by Crippen LogP contribution is 2.17. The molecule has 0 saturated heterocycles. The number of carbonyl (C=O) groups excluding carboxylic acids is 3. The molecular formula is C52H100O6. The molecule has 0 saturated carbocycles. The van der Waals surface area contributed by atoms with Crippen LogP contribution in [0, 0.1) is 5.92 Å². The highest BCUT2D eigenvalue weighted by molar-refractivity contribution is 5.71. The van der Waals surface area contributed by atoms with Gasteiger partial charge < -0.3 is 14.2 Å².